The van der Waals surface area contributed by atoms with Crippen LogP contribution in [0.25, 0.3) is 0 Å². The van der Waals surface area contributed by atoms with Gasteiger partial charge in [0.15, 0.2) is 5.82 Å². The highest BCUT2D eigenvalue weighted by molar-refractivity contribution is 5.92. The van der Waals surface area contributed by atoms with Crippen molar-refractivity contribution in [1.29, 1.82) is 0 Å². The number of hydrogen-bond donors (Lipinski definition) is 2. The summed E-state index contributed by atoms with van der Waals surface area (Å²) >= 11 is 0. The van der Waals surface area contributed by atoms with E-state index in [0.717, 1.165) is 5.56 Å². The van der Waals surface area contributed by atoms with Crippen LogP contribution in [0.5, 0.6) is 0 Å². The van der Waals surface area contributed by atoms with Crippen molar-refractivity contribution in [3.05, 3.63) is 53.7 Å². The summed E-state index contributed by atoms with van der Waals surface area (Å²) in [4.78, 5) is 15.8. The minimum absolute atomic E-state index is 0.0778. The molecule has 4 heteroatoms. The molecule has 1 amide bonds. The zero-order valence-corrected chi connectivity index (χ0v) is 10.9. The largest absolute Gasteiger partial charge is 0.396 e. The van der Waals surface area contributed by atoms with Crippen molar-refractivity contribution in [3.8, 4) is 0 Å². The lowest BCUT2D eigenvalue weighted by Crippen LogP contribution is -2.14. The van der Waals surface area contributed by atoms with E-state index in [4.69, 9.17) is 5.73 Å². The minimum Gasteiger partial charge on any atom is -0.396 e. The summed E-state index contributed by atoms with van der Waals surface area (Å²) in [5.74, 6) is 0.349. The van der Waals surface area contributed by atoms with E-state index in [0.29, 0.717) is 24.3 Å². The maximum Gasteiger partial charge on any atom is 0.225 e. The van der Waals surface area contributed by atoms with Crippen molar-refractivity contribution < 1.29 is 4.79 Å². The van der Waals surface area contributed by atoms with Gasteiger partial charge >= 0.3 is 0 Å². The van der Waals surface area contributed by atoms with Gasteiger partial charge in [0.2, 0.25) is 5.91 Å². The average molecular weight is 255 g/mol. The number of nitrogens with two attached hydrogens (primary N) is 1. The Balaban J connectivity index is 1.88. The Labute approximate surface area is 112 Å². The molecule has 2 rings (SSSR count). The van der Waals surface area contributed by atoms with Gasteiger partial charge in [0.05, 0.1) is 5.69 Å². The van der Waals surface area contributed by atoms with Crippen LogP contribution < -0.4 is 11.1 Å². The van der Waals surface area contributed by atoms with Gasteiger partial charge in [0.25, 0.3) is 0 Å². The normalized spacial score (nSPS) is 10.2. The van der Waals surface area contributed by atoms with Crippen molar-refractivity contribution in [2.45, 2.75) is 19.8 Å². The van der Waals surface area contributed by atoms with E-state index >= 15 is 0 Å². The van der Waals surface area contributed by atoms with E-state index in [2.05, 4.69) is 10.3 Å². The first-order valence-corrected chi connectivity index (χ1v) is 6.21. The molecular weight excluding hydrogens is 238 g/mol. The standard InChI is InChI=1S/C15H17N3O/c1-11-4-6-12(7-5-11)8-9-14(19)18-15-13(16)3-2-10-17-15/h2-7,10H,8-9,16H2,1H3,(H,17,18,19). The zero-order valence-electron chi connectivity index (χ0n) is 10.9. The lowest BCUT2D eigenvalue weighted by Gasteiger charge is -2.06. The predicted molar refractivity (Wildman–Crippen MR) is 76.8 cm³/mol. The van der Waals surface area contributed by atoms with Crippen LogP contribution in [0.4, 0.5) is 11.5 Å². The van der Waals surface area contributed by atoms with Gasteiger partial charge in [-0.05, 0) is 31.0 Å². The number of anilines is 2. The predicted octanol–water partition coefficient (Wildman–Crippen LogP) is 2.54. The second-order valence-corrected chi connectivity index (χ2v) is 4.48. The van der Waals surface area contributed by atoms with E-state index in [-0.39, 0.29) is 5.91 Å². The third kappa shape index (κ3) is 3.81. The Morgan fingerprint density at radius 3 is 2.68 bits per heavy atom. The molecule has 0 aliphatic carbocycles. The molecule has 0 bridgehead atoms. The molecule has 0 aliphatic heterocycles. The second kappa shape index (κ2) is 6.00. The summed E-state index contributed by atoms with van der Waals surface area (Å²) in [6.07, 6.45) is 2.73. The number of pyridine rings is 1. The molecule has 98 valence electrons. The number of aryl methyl sites for hydroxylation is 2. The van der Waals surface area contributed by atoms with Crippen LogP contribution in [-0.2, 0) is 11.2 Å². The molecule has 2 aromatic rings. The Morgan fingerprint density at radius 1 is 1.26 bits per heavy atom. The molecule has 3 N–H and O–H groups in total. The summed E-state index contributed by atoms with van der Waals surface area (Å²) < 4.78 is 0. The van der Waals surface area contributed by atoms with Crippen LogP contribution in [0.1, 0.15) is 17.5 Å². The lowest BCUT2D eigenvalue weighted by molar-refractivity contribution is -0.116. The van der Waals surface area contributed by atoms with Gasteiger partial charge in [-0.2, -0.15) is 0 Å². The van der Waals surface area contributed by atoms with Gasteiger partial charge in [-0.1, -0.05) is 29.8 Å². The Morgan fingerprint density at radius 2 is 2.00 bits per heavy atom. The number of carbonyl (C=O) groups is 1. The summed E-state index contributed by atoms with van der Waals surface area (Å²) in [6.45, 7) is 2.04. The molecule has 1 heterocycles. The molecule has 1 aromatic carbocycles. The number of nitrogen functional groups attached to an aromatic ring is 1. The Bertz CT molecular complexity index is 564. The summed E-state index contributed by atoms with van der Waals surface area (Å²) in [5.41, 5.74) is 8.56. The first kappa shape index (κ1) is 13.1. The number of amides is 1. The third-order valence-corrected chi connectivity index (χ3v) is 2.86. The zero-order chi connectivity index (χ0) is 13.7. The fourth-order valence-corrected chi connectivity index (χ4v) is 1.73. The van der Waals surface area contributed by atoms with E-state index < -0.39 is 0 Å². The first-order chi connectivity index (χ1) is 9.15. The number of nitrogens with zero attached hydrogens (tertiary/aromatic N) is 1. The van der Waals surface area contributed by atoms with Gasteiger partial charge < -0.3 is 11.1 Å². The number of hydrogen-bond acceptors (Lipinski definition) is 3. The van der Waals surface area contributed by atoms with E-state index in [1.807, 2.05) is 31.2 Å². The number of benzene rings is 1. The highest BCUT2D eigenvalue weighted by Gasteiger charge is 2.06. The molecule has 0 aliphatic rings. The van der Waals surface area contributed by atoms with E-state index in [9.17, 15) is 4.79 Å². The van der Waals surface area contributed by atoms with Gasteiger partial charge in [-0.15, -0.1) is 0 Å². The van der Waals surface area contributed by atoms with Crippen LogP contribution in [-0.4, -0.2) is 10.9 Å². The summed E-state index contributed by atoms with van der Waals surface area (Å²) in [7, 11) is 0. The topological polar surface area (TPSA) is 68.0 Å². The van der Waals surface area contributed by atoms with Crippen LogP contribution in [0.15, 0.2) is 42.6 Å². The molecule has 4 nitrogen and oxygen atoms in total. The van der Waals surface area contributed by atoms with Crippen molar-refractivity contribution in [3.63, 3.8) is 0 Å². The Kier molecular flexibility index (Phi) is 4.13. The molecule has 1 aromatic heterocycles. The van der Waals surface area contributed by atoms with Crippen LogP contribution in [0.2, 0.25) is 0 Å². The van der Waals surface area contributed by atoms with E-state index in [1.54, 1.807) is 18.3 Å². The van der Waals surface area contributed by atoms with Gasteiger partial charge in [-0.3, -0.25) is 4.79 Å². The highest BCUT2D eigenvalue weighted by atomic mass is 16.1. The lowest BCUT2D eigenvalue weighted by atomic mass is 10.1. The van der Waals surface area contributed by atoms with Crippen LogP contribution in [0, 0.1) is 6.92 Å². The van der Waals surface area contributed by atoms with Crippen molar-refractivity contribution in [2.75, 3.05) is 11.1 Å². The third-order valence-electron chi connectivity index (χ3n) is 2.86. The number of nitrogens with one attached hydrogen (secondary N) is 1. The number of carbonyl (C=O) groups excluding carboxylic acids is 1. The van der Waals surface area contributed by atoms with Gasteiger partial charge in [0.1, 0.15) is 0 Å². The maximum absolute atomic E-state index is 11.8. The Hall–Kier alpha value is -2.36. The molecule has 0 atom stereocenters. The quantitative estimate of drug-likeness (QED) is 0.882. The minimum atomic E-state index is -0.0778. The number of rotatable bonds is 4. The molecule has 0 saturated carbocycles. The van der Waals surface area contributed by atoms with Crippen LogP contribution in [0.3, 0.4) is 0 Å². The van der Waals surface area contributed by atoms with Crippen molar-refractivity contribution in [2.24, 2.45) is 0 Å². The molecule has 0 spiro atoms. The maximum atomic E-state index is 11.8. The van der Waals surface area contributed by atoms with E-state index in [1.165, 1.54) is 5.56 Å². The highest BCUT2D eigenvalue weighted by Crippen LogP contribution is 2.13. The smallest absolute Gasteiger partial charge is 0.225 e. The molecule has 19 heavy (non-hydrogen) atoms. The molecule has 0 fully saturated rings. The van der Waals surface area contributed by atoms with Crippen molar-refractivity contribution >= 4 is 17.4 Å². The summed E-state index contributed by atoms with van der Waals surface area (Å²) in [5, 5.41) is 2.72. The average Bonchev–Trinajstić information content (AvgIpc) is 2.41. The SMILES string of the molecule is Cc1ccc(CCC(=O)Nc2ncccc2N)cc1. The molecular formula is C15H17N3O. The van der Waals surface area contributed by atoms with Crippen LogP contribution >= 0.6 is 0 Å². The molecule has 0 radical (unpaired) electrons. The van der Waals surface area contributed by atoms with Gasteiger partial charge in [-0.25, -0.2) is 4.98 Å². The fraction of sp³-hybridized carbons (Fsp3) is 0.200. The summed E-state index contributed by atoms with van der Waals surface area (Å²) in [6, 6.07) is 11.6. The van der Waals surface area contributed by atoms with Gasteiger partial charge in [0, 0.05) is 12.6 Å². The van der Waals surface area contributed by atoms with Crippen molar-refractivity contribution in [1.82, 2.24) is 4.98 Å². The molecule has 0 unspecified atom stereocenters. The second-order valence-electron chi connectivity index (χ2n) is 4.48. The monoisotopic (exact) mass is 255 g/mol. The fourth-order valence-electron chi connectivity index (χ4n) is 1.73. The number of aromatic nitrogens is 1. The molecule has 0 saturated heterocycles. The first-order valence-electron chi connectivity index (χ1n) is 6.21.